The lowest BCUT2D eigenvalue weighted by Gasteiger charge is -2.23. The van der Waals surface area contributed by atoms with Gasteiger partial charge in [-0.2, -0.15) is 0 Å². The van der Waals surface area contributed by atoms with Crippen molar-refractivity contribution in [1.82, 2.24) is 20.5 Å². The molecule has 0 aliphatic heterocycles. The maximum Gasteiger partial charge on any atom is 0.191 e. The molecule has 0 saturated carbocycles. The average Bonchev–Trinajstić information content (AvgIpc) is 3.01. The summed E-state index contributed by atoms with van der Waals surface area (Å²) in [6.07, 6.45) is 2.78. The van der Waals surface area contributed by atoms with Gasteiger partial charge in [0, 0.05) is 30.6 Å². The van der Waals surface area contributed by atoms with Crippen molar-refractivity contribution in [2.24, 2.45) is 4.99 Å². The second kappa shape index (κ2) is 12.2. The Morgan fingerprint density at radius 3 is 2.52 bits per heavy atom. The number of hydrogen-bond donors (Lipinski definition) is 2. The summed E-state index contributed by atoms with van der Waals surface area (Å²) in [5, 5.41) is 7.76. The molecular formula is C19H29FIN5S. The van der Waals surface area contributed by atoms with Gasteiger partial charge in [0.1, 0.15) is 5.82 Å². The van der Waals surface area contributed by atoms with Gasteiger partial charge in [0.05, 0.1) is 17.6 Å². The molecule has 2 N–H and O–H groups in total. The molecule has 0 amide bonds. The number of guanidine groups is 1. The van der Waals surface area contributed by atoms with E-state index in [1.165, 1.54) is 17.0 Å². The summed E-state index contributed by atoms with van der Waals surface area (Å²) in [4.78, 5) is 12.4. The highest BCUT2D eigenvalue weighted by Gasteiger charge is 2.14. The van der Waals surface area contributed by atoms with Crippen molar-refractivity contribution in [3.8, 4) is 0 Å². The van der Waals surface area contributed by atoms with Crippen LogP contribution in [0.25, 0.3) is 0 Å². The third-order valence-corrected chi connectivity index (χ3v) is 4.92. The molecule has 8 heteroatoms. The van der Waals surface area contributed by atoms with Gasteiger partial charge in [-0.3, -0.25) is 4.99 Å². The van der Waals surface area contributed by atoms with Gasteiger partial charge in [-0.1, -0.05) is 12.1 Å². The minimum atomic E-state index is -0.220. The second-order valence-corrected chi connectivity index (χ2v) is 7.61. The minimum absolute atomic E-state index is 0. The Balaban J connectivity index is 0.00000364. The number of aliphatic imine (C=N–C) groups is 1. The fourth-order valence-corrected chi connectivity index (χ4v) is 3.36. The number of nitrogens with one attached hydrogen (secondary N) is 2. The largest absolute Gasteiger partial charge is 0.357 e. The highest BCUT2D eigenvalue weighted by atomic mass is 127. The smallest absolute Gasteiger partial charge is 0.191 e. The van der Waals surface area contributed by atoms with E-state index in [-0.39, 0.29) is 35.8 Å². The second-order valence-electron chi connectivity index (χ2n) is 6.29. The standard InChI is InChI=1S/C19H28FN5S.HI/c1-5-21-19(22-11-10-18-23-12-14(2)26-18)24-13-17(25(3)4)15-6-8-16(20)9-7-15;/h6-9,12,17H,5,10-11,13H2,1-4H3,(H2,21,22,24);1H. The molecule has 1 unspecified atom stereocenters. The van der Waals surface area contributed by atoms with Gasteiger partial charge in [0.15, 0.2) is 5.96 Å². The summed E-state index contributed by atoms with van der Waals surface area (Å²) >= 11 is 1.72. The summed E-state index contributed by atoms with van der Waals surface area (Å²) in [6, 6.07) is 6.72. The summed E-state index contributed by atoms with van der Waals surface area (Å²) in [7, 11) is 4.02. The number of hydrogen-bond acceptors (Lipinski definition) is 4. The first kappa shape index (κ1) is 23.8. The molecule has 1 heterocycles. The Bertz CT molecular complexity index is 702. The number of halogens is 2. The zero-order valence-electron chi connectivity index (χ0n) is 16.3. The molecule has 1 atom stereocenters. The zero-order chi connectivity index (χ0) is 18.9. The topological polar surface area (TPSA) is 52.6 Å². The van der Waals surface area contributed by atoms with Crippen LogP contribution in [0.1, 0.15) is 28.4 Å². The number of benzene rings is 1. The summed E-state index contributed by atoms with van der Waals surface area (Å²) < 4.78 is 13.2. The van der Waals surface area contributed by atoms with Crippen LogP contribution >= 0.6 is 35.3 Å². The van der Waals surface area contributed by atoms with E-state index in [0.717, 1.165) is 36.0 Å². The molecule has 0 saturated heterocycles. The Labute approximate surface area is 182 Å². The Kier molecular flexibility index (Phi) is 10.8. The molecule has 150 valence electrons. The fourth-order valence-electron chi connectivity index (χ4n) is 2.58. The average molecular weight is 505 g/mol. The fraction of sp³-hybridized carbons (Fsp3) is 0.474. The van der Waals surface area contributed by atoms with Gasteiger partial charge >= 0.3 is 0 Å². The minimum Gasteiger partial charge on any atom is -0.357 e. The number of thiazole rings is 1. The van der Waals surface area contributed by atoms with Crippen LogP contribution in [0.15, 0.2) is 35.5 Å². The molecule has 1 aromatic heterocycles. The normalized spacial score (nSPS) is 12.6. The first-order chi connectivity index (χ1) is 12.5. The Morgan fingerprint density at radius 1 is 1.26 bits per heavy atom. The molecule has 0 radical (unpaired) electrons. The predicted molar refractivity (Wildman–Crippen MR) is 123 cm³/mol. The Morgan fingerprint density at radius 2 is 1.96 bits per heavy atom. The molecule has 0 bridgehead atoms. The van der Waals surface area contributed by atoms with Crippen molar-refractivity contribution in [2.45, 2.75) is 26.3 Å². The number of aryl methyl sites for hydroxylation is 1. The van der Waals surface area contributed by atoms with Gasteiger partial charge in [0.2, 0.25) is 0 Å². The zero-order valence-corrected chi connectivity index (χ0v) is 19.5. The quantitative estimate of drug-likeness (QED) is 0.327. The maximum atomic E-state index is 13.2. The lowest BCUT2D eigenvalue weighted by atomic mass is 10.1. The monoisotopic (exact) mass is 505 g/mol. The van der Waals surface area contributed by atoms with Crippen LogP contribution in [0.4, 0.5) is 4.39 Å². The van der Waals surface area contributed by atoms with Crippen molar-refractivity contribution in [1.29, 1.82) is 0 Å². The predicted octanol–water partition coefficient (Wildman–Crippen LogP) is 3.61. The van der Waals surface area contributed by atoms with Gasteiger partial charge in [-0.05, 0) is 45.6 Å². The summed E-state index contributed by atoms with van der Waals surface area (Å²) in [5.74, 6) is 0.567. The van der Waals surface area contributed by atoms with Gasteiger partial charge < -0.3 is 15.5 Å². The van der Waals surface area contributed by atoms with E-state index in [1.54, 1.807) is 11.3 Å². The van der Waals surface area contributed by atoms with Gasteiger partial charge in [-0.25, -0.2) is 9.37 Å². The van der Waals surface area contributed by atoms with Gasteiger partial charge in [-0.15, -0.1) is 35.3 Å². The van der Waals surface area contributed by atoms with Crippen LogP contribution in [-0.4, -0.2) is 49.6 Å². The lowest BCUT2D eigenvalue weighted by molar-refractivity contribution is 0.306. The van der Waals surface area contributed by atoms with Crippen LogP contribution in [0.2, 0.25) is 0 Å². The van der Waals surface area contributed by atoms with Crippen LogP contribution in [-0.2, 0) is 6.42 Å². The maximum absolute atomic E-state index is 13.2. The van der Waals surface area contributed by atoms with Crippen LogP contribution in [0.3, 0.4) is 0 Å². The van der Waals surface area contributed by atoms with Crippen LogP contribution in [0, 0.1) is 12.7 Å². The van der Waals surface area contributed by atoms with E-state index in [4.69, 9.17) is 4.99 Å². The van der Waals surface area contributed by atoms with E-state index in [1.807, 2.05) is 39.3 Å². The van der Waals surface area contributed by atoms with Crippen LogP contribution < -0.4 is 10.6 Å². The van der Waals surface area contributed by atoms with Crippen LogP contribution in [0.5, 0.6) is 0 Å². The molecule has 0 aliphatic rings. The molecule has 1 aromatic carbocycles. The van der Waals surface area contributed by atoms with Crippen molar-refractivity contribution in [3.63, 3.8) is 0 Å². The molecule has 5 nitrogen and oxygen atoms in total. The SMILES string of the molecule is CCNC(=NCC(c1ccc(F)cc1)N(C)C)NCCc1ncc(C)s1.I. The van der Waals surface area contributed by atoms with E-state index in [2.05, 4.69) is 27.4 Å². The van der Waals surface area contributed by atoms with Crippen molar-refractivity contribution >= 4 is 41.3 Å². The van der Waals surface area contributed by atoms with Crippen molar-refractivity contribution in [2.75, 3.05) is 33.7 Å². The molecule has 2 rings (SSSR count). The third kappa shape index (κ3) is 8.10. The number of rotatable bonds is 8. The molecular weight excluding hydrogens is 476 g/mol. The molecule has 0 spiro atoms. The van der Waals surface area contributed by atoms with E-state index >= 15 is 0 Å². The number of aromatic nitrogens is 1. The van der Waals surface area contributed by atoms with E-state index < -0.39 is 0 Å². The Hall–Kier alpha value is -1.26. The highest BCUT2D eigenvalue weighted by molar-refractivity contribution is 14.0. The summed E-state index contributed by atoms with van der Waals surface area (Å²) in [5.41, 5.74) is 1.05. The number of nitrogens with zero attached hydrogens (tertiary/aromatic N) is 3. The highest BCUT2D eigenvalue weighted by Crippen LogP contribution is 2.19. The first-order valence-corrected chi connectivity index (χ1v) is 9.66. The van der Waals surface area contributed by atoms with E-state index in [0.29, 0.717) is 6.54 Å². The first-order valence-electron chi connectivity index (χ1n) is 8.85. The lowest BCUT2D eigenvalue weighted by Crippen LogP contribution is -2.39. The van der Waals surface area contributed by atoms with Crippen molar-refractivity contribution < 1.29 is 4.39 Å². The van der Waals surface area contributed by atoms with E-state index in [9.17, 15) is 4.39 Å². The molecule has 0 fully saturated rings. The molecule has 0 aliphatic carbocycles. The van der Waals surface area contributed by atoms with Crippen molar-refractivity contribution in [3.05, 3.63) is 51.7 Å². The van der Waals surface area contributed by atoms with Gasteiger partial charge in [0.25, 0.3) is 0 Å². The molecule has 27 heavy (non-hydrogen) atoms. The molecule has 2 aromatic rings. The summed E-state index contributed by atoms with van der Waals surface area (Å²) in [6.45, 7) is 6.28. The number of likely N-dealkylation sites (N-methyl/N-ethyl adjacent to an activating group) is 1. The third-order valence-electron chi connectivity index (χ3n) is 3.95.